The minimum absolute atomic E-state index is 0.0517. The van der Waals surface area contributed by atoms with E-state index in [1.807, 2.05) is 0 Å². The molecule has 2 rings (SSSR count). The van der Waals surface area contributed by atoms with Gasteiger partial charge < -0.3 is 20.2 Å². The molecule has 110 valence electrons. The second-order valence-corrected chi connectivity index (χ2v) is 4.69. The number of aromatic carboxylic acids is 1. The van der Waals surface area contributed by atoms with Gasteiger partial charge in [-0.05, 0) is 38.1 Å². The predicted molar refractivity (Wildman–Crippen MR) is 77.4 cm³/mol. The van der Waals surface area contributed by atoms with Crippen molar-refractivity contribution in [1.29, 1.82) is 0 Å². The highest BCUT2D eigenvalue weighted by Crippen LogP contribution is 2.18. The van der Waals surface area contributed by atoms with Crippen LogP contribution in [0.25, 0.3) is 0 Å². The zero-order chi connectivity index (χ0) is 15.4. The summed E-state index contributed by atoms with van der Waals surface area (Å²) in [6.07, 6.45) is 1.52. The van der Waals surface area contributed by atoms with E-state index in [0.29, 0.717) is 5.76 Å². The van der Waals surface area contributed by atoms with Gasteiger partial charge in [-0.25, -0.2) is 9.59 Å². The summed E-state index contributed by atoms with van der Waals surface area (Å²) in [5.74, 6) is -0.472. The molecule has 0 bridgehead atoms. The maximum Gasteiger partial charge on any atom is 0.337 e. The van der Waals surface area contributed by atoms with Crippen LogP contribution in [0.15, 0.2) is 41.0 Å². The highest BCUT2D eigenvalue weighted by atomic mass is 16.4. The Morgan fingerprint density at radius 1 is 1.29 bits per heavy atom. The van der Waals surface area contributed by atoms with E-state index in [1.54, 1.807) is 38.1 Å². The Morgan fingerprint density at radius 2 is 2.05 bits per heavy atom. The van der Waals surface area contributed by atoms with Crippen LogP contribution in [0.4, 0.5) is 10.5 Å². The number of aryl methyl sites for hydroxylation is 1. The number of carbonyl (C=O) groups is 2. The fourth-order valence-corrected chi connectivity index (χ4v) is 1.91. The monoisotopic (exact) mass is 288 g/mol. The average molecular weight is 288 g/mol. The summed E-state index contributed by atoms with van der Waals surface area (Å²) in [4.78, 5) is 23.1. The van der Waals surface area contributed by atoms with Crippen molar-refractivity contribution in [1.82, 2.24) is 5.32 Å². The molecule has 1 heterocycles. The van der Waals surface area contributed by atoms with Gasteiger partial charge in [-0.15, -0.1) is 0 Å². The molecular weight excluding hydrogens is 272 g/mol. The van der Waals surface area contributed by atoms with Crippen molar-refractivity contribution in [2.45, 2.75) is 19.9 Å². The summed E-state index contributed by atoms with van der Waals surface area (Å²) in [5.41, 5.74) is 1.11. The van der Waals surface area contributed by atoms with Crippen molar-refractivity contribution in [3.05, 3.63) is 53.5 Å². The molecule has 6 nitrogen and oxygen atoms in total. The third kappa shape index (κ3) is 3.62. The number of carbonyl (C=O) groups excluding carboxylic acids is 1. The number of amides is 2. The second kappa shape index (κ2) is 6.13. The van der Waals surface area contributed by atoms with Crippen LogP contribution in [0, 0.1) is 6.92 Å². The van der Waals surface area contributed by atoms with Crippen LogP contribution in [0.3, 0.4) is 0 Å². The molecule has 0 aliphatic rings. The van der Waals surface area contributed by atoms with Crippen molar-refractivity contribution in [2.24, 2.45) is 0 Å². The molecule has 21 heavy (non-hydrogen) atoms. The summed E-state index contributed by atoms with van der Waals surface area (Å²) >= 11 is 0. The largest absolute Gasteiger partial charge is 0.478 e. The maximum atomic E-state index is 11.9. The molecule has 0 spiro atoms. The number of carboxylic acid groups (broad SMARTS) is 1. The molecule has 1 unspecified atom stereocenters. The van der Waals surface area contributed by atoms with E-state index < -0.39 is 12.0 Å². The second-order valence-electron chi connectivity index (χ2n) is 4.69. The normalized spacial score (nSPS) is 11.7. The highest BCUT2D eigenvalue weighted by molar-refractivity contribution is 6.00. The Morgan fingerprint density at radius 3 is 2.67 bits per heavy atom. The first-order valence-corrected chi connectivity index (χ1v) is 6.42. The molecule has 2 aromatic rings. The summed E-state index contributed by atoms with van der Waals surface area (Å²) in [6, 6.07) is 7.47. The summed E-state index contributed by atoms with van der Waals surface area (Å²) in [6.45, 7) is 3.56. The molecular formula is C15H16N2O4. The number of urea groups is 1. The first-order valence-electron chi connectivity index (χ1n) is 6.42. The van der Waals surface area contributed by atoms with Gasteiger partial charge >= 0.3 is 12.0 Å². The van der Waals surface area contributed by atoms with E-state index in [1.165, 1.54) is 12.3 Å². The quantitative estimate of drug-likeness (QED) is 0.805. The number of anilines is 1. The number of furan rings is 1. The van der Waals surface area contributed by atoms with Gasteiger partial charge in [0.25, 0.3) is 0 Å². The molecule has 0 fully saturated rings. The lowest BCUT2D eigenvalue weighted by Gasteiger charge is -2.14. The van der Waals surface area contributed by atoms with E-state index in [0.717, 1.165) is 5.56 Å². The van der Waals surface area contributed by atoms with Gasteiger partial charge in [0, 0.05) is 0 Å². The predicted octanol–water partition coefficient (Wildman–Crippen LogP) is 3.17. The standard InChI is InChI=1S/C15H16N2O4/c1-9-5-6-12(11(8-9)14(18)19)17-15(20)16-10(2)13-4-3-7-21-13/h3-8,10H,1-2H3,(H,18,19)(H2,16,17,20). The number of hydrogen-bond donors (Lipinski definition) is 3. The van der Waals surface area contributed by atoms with Gasteiger partial charge in [0.2, 0.25) is 0 Å². The average Bonchev–Trinajstić information content (AvgIpc) is 2.94. The van der Waals surface area contributed by atoms with Gasteiger partial charge in [0.15, 0.2) is 0 Å². The van der Waals surface area contributed by atoms with E-state index in [4.69, 9.17) is 9.52 Å². The van der Waals surface area contributed by atoms with Crippen molar-refractivity contribution in [3.63, 3.8) is 0 Å². The lowest BCUT2D eigenvalue weighted by atomic mass is 10.1. The van der Waals surface area contributed by atoms with Crippen LogP contribution >= 0.6 is 0 Å². The molecule has 1 aromatic carbocycles. The minimum atomic E-state index is -1.09. The van der Waals surface area contributed by atoms with Gasteiger partial charge in [0.1, 0.15) is 5.76 Å². The van der Waals surface area contributed by atoms with Crippen LogP contribution < -0.4 is 10.6 Å². The summed E-state index contributed by atoms with van der Waals surface area (Å²) < 4.78 is 5.19. The highest BCUT2D eigenvalue weighted by Gasteiger charge is 2.15. The van der Waals surface area contributed by atoms with Crippen LogP contribution in [0.5, 0.6) is 0 Å². The van der Waals surface area contributed by atoms with Crippen molar-refractivity contribution < 1.29 is 19.1 Å². The van der Waals surface area contributed by atoms with Crippen molar-refractivity contribution in [3.8, 4) is 0 Å². The lowest BCUT2D eigenvalue weighted by Crippen LogP contribution is -2.31. The molecule has 6 heteroatoms. The minimum Gasteiger partial charge on any atom is -0.478 e. The maximum absolute atomic E-state index is 11.9. The van der Waals surface area contributed by atoms with Crippen LogP contribution in [0.1, 0.15) is 34.6 Å². The number of rotatable bonds is 4. The number of nitrogens with one attached hydrogen (secondary N) is 2. The Kier molecular flexibility index (Phi) is 4.27. The van der Waals surface area contributed by atoms with Crippen molar-refractivity contribution >= 4 is 17.7 Å². The Labute approximate surface area is 121 Å². The van der Waals surface area contributed by atoms with E-state index in [2.05, 4.69) is 10.6 Å². The Hall–Kier alpha value is -2.76. The third-order valence-electron chi connectivity index (χ3n) is 2.97. The van der Waals surface area contributed by atoms with E-state index in [9.17, 15) is 9.59 Å². The number of carboxylic acids is 1. The number of benzene rings is 1. The van der Waals surface area contributed by atoms with Gasteiger partial charge in [0.05, 0.1) is 23.6 Å². The summed E-state index contributed by atoms with van der Waals surface area (Å²) in [7, 11) is 0. The molecule has 2 amide bonds. The third-order valence-corrected chi connectivity index (χ3v) is 2.97. The first kappa shape index (κ1) is 14.6. The molecule has 0 radical (unpaired) electrons. The van der Waals surface area contributed by atoms with Crippen LogP contribution in [-0.4, -0.2) is 17.1 Å². The molecule has 1 aromatic heterocycles. The topological polar surface area (TPSA) is 91.6 Å². The molecule has 0 saturated heterocycles. The van der Waals surface area contributed by atoms with E-state index >= 15 is 0 Å². The molecule has 0 aliphatic carbocycles. The zero-order valence-corrected chi connectivity index (χ0v) is 11.7. The molecule has 0 aliphatic heterocycles. The molecule has 0 saturated carbocycles. The Balaban J connectivity index is 2.08. The van der Waals surface area contributed by atoms with Gasteiger partial charge in [-0.2, -0.15) is 0 Å². The first-order chi connectivity index (χ1) is 9.97. The Bertz CT molecular complexity index is 650. The smallest absolute Gasteiger partial charge is 0.337 e. The van der Waals surface area contributed by atoms with E-state index in [-0.39, 0.29) is 17.3 Å². The lowest BCUT2D eigenvalue weighted by molar-refractivity contribution is 0.0698. The SMILES string of the molecule is Cc1ccc(NC(=O)NC(C)c2ccco2)c(C(=O)O)c1. The fraction of sp³-hybridized carbons (Fsp3) is 0.200. The molecule has 3 N–H and O–H groups in total. The number of hydrogen-bond acceptors (Lipinski definition) is 3. The fourth-order valence-electron chi connectivity index (χ4n) is 1.91. The summed E-state index contributed by atoms with van der Waals surface area (Å²) in [5, 5.41) is 14.4. The van der Waals surface area contributed by atoms with Crippen LogP contribution in [0.2, 0.25) is 0 Å². The van der Waals surface area contributed by atoms with Gasteiger partial charge in [-0.3, -0.25) is 0 Å². The van der Waals surface area contributed by atoms with Gasteiger partial charge in [-0.1, -0.05) is 11.6 Å². The molecule has 1 atom stereocenters. The zero-order valence-electron chi connectivity index (χ0n) is 11.7. The van der Waals surface area contributed by atoms with Crippen molar-refractivity contribution in [2.75, 3.05) is 5.32 Å². The van der Waals surface area contributed by atoms with Crippen LogP contribution in [-0.2, 0) is 0 Å².